The van der Waals surface area contributed by atoms with E-state index in [2.05, 4.69) is 65.4 Å². The van der Waals surface area contributed by atoms with E-state index in [-0.39, 0.29) is 12.0 Å². The molecule has 0 aliphatic carbocycles. The molecule has 0 aromatic heterocycles. The van der Waals surface area contributed by atoms with Crippen LogP contribution in [0.15, 0.2) is 48.5 Å². The quantitative estimate of drug-likeness (QED) is 0.860. The van der Waals surface area contributed by atoms with E-state index in [9.17, 15) is 4.79 Å². The van der Waals surface area contributed by atoms with Gasteiger partial charge in [-0.05, 0) is 43.1 Å². The fourth-order valence-electron chi connectivity index (χ4n) is 4.38. The number of benzene rings is 2. The topological polar surface area (TPSA) is 53.0 Å². The van der Waals surface area contributed by atoms with Gasteiger partial charge < -0.3 is 19.6 Å². The first-order chi connectivity index (χ1) is 13.6. The minimum absolute atomic E-state index is 0.0751. The minimum Gasteiger partial charge on any atom is -0.481 e. The van der Waals surface area contributed by atoms with Crippen LogP contribution in [0.25, 0.3) is 0 Å². The van der Waals surface area contributed by atoms with Crippen LogP contribution in [-0.2, 0) is 16.1 Å². The van der Waals surface area contributed by atoms with Gasteiger partial charge >= 0.3 is 5.97 Å². The molecule has 1 atom stereocenters. The van der Waals surface area contributed by atoms with Crippen LogP contribution in [0.4, 0.5) is 5.69 Å². The molecular weight excluding hydrogens is 352 g/mol. The number of fused-ring (bicyclic) bond motifs is 2. The third-order valence-corrected chi connectivity index (χ3v) is 6.00. The van der Waals surface area contributed by atoms with Gasteiger partial charge in [0.25, 0.3) is 0 Å². The number of carbonyl (C=O) groups is 1. The Balaban J connectivity index is 1.47. The van der Waals surface area contributed by atoms with Gasteiger partial charge in [0.1, 0.15) is 6.10 Å². The lowest BCUT2D eigenvalue weighted by Gasteiger charge is -2.30. The number of ether oxygens (including phenoxy) is 1. The lowest BCUT2D eigenvalue weighted by Crippen LogP contribution is -2.38. The van der Waals surface area contributed by atoms with Crippen LogP contribution in [0.3, 0.4) is 0 Å². The number of para-hydroxylation sites is 1. The highest BCUT2D eigenvalue weighted by molar-refractivity contribution is 5.70. The predicted octanol–water partition coefficient (Wildman–Crippen LogP) is 3.54. The molecule has 1 N–H and O–H groups in total. The maximum absolute atomic E-state index is 11.1. The van der Waals surface area contributed by atoms with Crippen LogP contribution in [0, 0.1) is 5.92 Å². The molecule has 0 amide bonds. The van der Waals surface area contributed by atoms with Crippen molar-refractivity contribution in [2.75, 3.05) is 38.2 Å². The van der Waals surface area contributed by atoms with Gasteiger partial charge in [-0.15, -0.1) is 0 Å². The fourth-order valence-corrected chi connectivity index (χ4v) is 4.38. The van der Waals surface area contributed by atoms with Gasteiger partial charge in [0.2, 0.25) is 0 Å². The van der Waals surface area contributed by atoms with E-state index in [4.69, 9.17) is 9.84 Å². The number of carboxylic acids is 1. The minimum atomic E-state index is -0.660. The predicted molar refractivity (Wildman–Crippen MR) is 110 cm³/mol. The number of rotatable bonds is 5. The van der Waals surface area contributed by atoms with Crippen LogP contribution >= 0.6 is 0 Å². The number of likely N-dealkylation sites (tertiary alicyclic amines) is 1. The standard InChI is InChI=1S/C23H28N2O3/c1-24-16-18-6-2-3-7-19(18)22(20-8-4-5-9-21(20)24)28-15-14-25-12-10-17(11-13-25)23(26)27/h2-9,17,22H,10-16H2,1H3,(H,26,27). The molecule has 1 fully saturated rings. The van der Waals surface area contributed by atoms with E-state index in [1.165, 1.54) is 22.4 Å². The van der Waals surface area contributed by atoms with Crippen LogP contribution in [0.5, 0.6) is 0 Å². The Labute approximate surface area is 166 Å². The zero-order valence-corrected chi connectivity index (χ0v) is 16.4. The third-order valence-electron chi connectivity index (χ3n) is 6.00. The molecule has 1 unspecified atom stereocenters. The van der Waals surface area contributed by atoms with Crippen molar-refractivity contribution >= 4 is 11.7 Å². The number of anilines is 1. The SMILES string of the molecule is CN1Cc2ccccc2C(OCCN2CCC(C(=O)O)CC2)c2ccccc21. The summed E-state index contributed by atoms with van der Waals surface area (Å²) in [7, 11) is 2.13. The maximum atomic E-state index is 11.1. The molecule has 0 spiro atoms. The van der Waals surface area contributed by atoms with Crippen molar-refractivity contribution in [2.45, 2.75) is 25.5 Å². The Morgan fingerprint density at radius 2 is 1.75 bits per heavy atom. The highest BCUT2D eigenvalue weighted by atomic mass is 16.5. The molecule has 0 bridgehead atoms. The molecule has 2 aromatic rings. The van der Waals surface area contributed by atoms with Crippen molar-refractivity contribution in [1.29, 1.82) is 0 Å². The van der Waals surface area contributed by atoms with Crippen molar-refractivity contribution in [3.8, 4) is 0 Å². The van der Waals surface area contributed by atoms with Crippen molar-refractivity contribution in [1.82, 2.24) is 4.90 Å². The highest BCUT2D eigenvalue weighted by Gasteiger charge is 2.27. The Morgan fingerprint density at radius 1 is 1.07 bits per heavy atom. The third kappa shape index (κ3) is 3.91. The zero-order chi connectivity index (χ0) is 19.5. The first-order valence-electron chi connectivity index (χ1n) is 10.1. The van der Waals surface area contributed by atoms with Crippen molar-refractivity contribution in [3.63, 3.8) is 0 Å². The summed E-state index contributed by atoms with van der Waals surface area (Å²) in [6.07, 6.45) is 1.39. The molecule has 2 aliphatic rings. The van der Waals surface area contributed by atoms with E-state index < -0.39 is 5.97 Å². The number of hydrogen-bond acceptors (Lipinski definition) is 4. The molecule has 2 aliphatic heterocycles. The molecule has 2 aromatic carbocycles. The van der Waals surface area contributed by atoms with Gasteiger partial charge in [-0.25, -0.2) is 0 Å². The molecule has 0 saturated carbocycles. The van der Waals surface area contributed by atoms with Crippen molar-refractivity contribution < 1.29 is 14.6 Å². The Morgan fingerprint density at radius 3 is 2.50 bits per heavy atom. The average Bonchev–Trinajstić information content (AvgIpc) is 2.83. The second-order valence-electron chi connectivity index (χ2n) is 7.82. The number of aliphatic carboxylic acids is 1. The van der Waals surface area contributed by atoms with Crippen molar-refractivity contribution in [2.24, 2.45) is 5.92 Å². The van der Waals surface area contributed by atoms with Crippen LogP contribution in [-0.4, -0.2) is 49.3 Å². The van der Waals surface area contributed by atoms with Gasteiger partial charge in [-0.1, -0.05) is 42.5 Å². The normalized spacial score (nSPS) is 20.3. The first kappa shape index (κ1) is 19.0. The second kappa shape index (κ2) is 8.33. The molecule has 0 radical (unpaired) electrons. The van der Waals surface area contributed by atoms with Crippen LogP contribution < -0.4 is 4.90 Å². The summed E-state index contributed by atoms with van der Waals surface area (Å²) in [5, 5.41) is 9.16. The van der Waals surface area contributed by atoms with Gasteiger partial charge in [0.05, 0.1) is 12.5 Å². The lowest BCUT2D eigenvalue weighted by atomic mass is 9.97. The maximum Gasteiger partial charge on any atom is 0.306 e. The van der Waals surface area contributed by atoms with Crippen molar-refractivity contribution in [3.05, 3.63) is 65.2 Å². The van der Waals surface area contributed by atoms with E-state index >= 15 is 0 Å². The Kier molecular flexibility index (Phi) is 5.64. The summed E-state index contributed by atoms with van der Waals surface area (Å²) in [6, 6.07) is 17.0. The van der Waals surface area contributed by atoms with Crippen LogP contribution in [0.2, 0.25) is 0 Å². The molecule has 5 heteroatoms. The summed E-state index contributed by atoms with van der Waals surface area (Å²) in [6.45, 7) is 4.01. The van der Waals surface area contributed by atoms with Crippen LogP contribution in [0.1, 0.15) is 35.6 Å². The summed E-state index contributed by atoms with van der Waals surface area (Å²) in [4.78, 5) is 15.7. The second-order valence-corrected chi connectivity index (χ2v) is 7.82. The van der Waals surface area contributed by atoms with E-state index in [1.54, 1.807) is 0 Å². The van der Waals surface area contributed by atoms with E-state index in [0.29, 0.717) is 6.61 Å². The lowest BCUT2D eigenvalue weighted by molar-refractivity contribution is -0.143. The highest BCUT2D eigenvalue weighted by Crippen LogP contribution is 2.38. The molecule has 148 valence electrons. The molecule has 5 nitrogen and oxygen atoms in total. The van der Waals surface area contributed by atoms with Gasteiger partial charge in [0, 0.05) is 31.4 Å². The Hall–Kier alpha value is -2.37. The molecule has 1 saturated heterocycles. The monoisotopic (exact) mass is 380 g/mol. The van der Waals surface area contributed by atoms with Gasteiger partial charge in [-0.3, -0.25) is 4.79 Å². The summed E-state index contributed by atoms with van der Waals surface area (Å²) < 4.78 is 6.46. The Bertz CT molecular complexity index is 830. The molecule has 28 heavy (non-hydrogen) atoms. The van der Waals surface area contributed by atoms with Gasteiger partial charge in [0.15, 0.2) is 0 Å². The molecular formula is C23H28N2O3. The fraction of sp³-hybridized carbons (Fsp3) is 0.435. The van der Waals surface area contributed by atoms with Gasteiger partial charge in [-0.2, -0.15) is 0 Å². The number of carboxylic acid groups (broad SMARTS) is 1. The largest absolute Gasteiger partial charge is 0.481 e. The molecule has 2 heterocycles. The number of piperidine rings is 1. The smallest absolute Gasteiger partial charge is 0.306 e. The summed E-state index contributed by atoms with van der Waals surface area (Å²) >= 11 is 0. The zero-order valence-electron chi connectivity index (χ0n) is 16.4. The number of nitrogens with zero attached hydrogens (tertiary/aromatic N) is 2. The molecule has 4 rings (SSSR count). The van der Waals surface area contributed by atoms with E-state index in [0.717, 1.165) is 39.0 Å². The summed E-state index contributed by atoms with van der Waals surface area (Å²) in [5.41, 5.74) is 4.96. The number of hydrogen-bond donors (Lipinski definition) is 1. The van der Waals surface area contributed by atoms with E-state index in [1.807, 2.05) is 0 Å². The first-order valence-corrected chi connectivity index (χ1v) is 10.1. The summed E-state index contributed by atoms with van der Waals surface area (Å²) in [5.74, 6) is -0.847. The average molecular weight is 380 g/mol.